The molecule has 20 heavy (non-hydrogen) atoms. The lowest BCUT2D eigenvalue weighted by Crippen LogP contribution is -2.31. The average molecular weight is 323 g/mol. The first-order valence-electron chi connectivity index (χ1n) is 5.80. The number of hydrogen-bond acceptors (Lipinski definition) is 7. The van der Waals surface area contributed by atoms with Crippen molar-refractivity contribution in [3.63, 3.8) is 0 Å². The van der Waals surface area contributed by atoms with Crippen LogP contribution in [-0.2, 0) is 28.6 Å². The lowest BCUT2D eigenvalue weighted by atomic mass is 10.3. The summed E-state index contributed by atoms with van der Waals surface area (Å²) in [5.74, 6) is -1.05. The van der Waals surface area contributed by atoms with Crippen molar-refractivity contribution in [3.05, 3.63) is 12.3 Å². The van der Waals surface area contributed by atoms with E-state index >= 15 is 0 Å². The Bertz CT molecular complexity index is 492. The third-order valence-corrected chi connectivity index (χ3v) is 3.52. The van der Waals surface area contributed by atoms with Crippen molar-refractivity contribution >= 4 is 29.8 Å². The molecule has 7 nitrogen and oxygen atoms in total. The van der Waals surface area contributed by atoms with Gasteiger partial charge in [-0.2, -0.15) is 0 Å². The molecule has 0 atom stereocenters. The molecule has 0 aromatic rings. The molecule has 0 saturated carbocycles. The van der Waals surface area contributed by atoms with Crippen LogP contribution in [-0.4, -0.2) is 54.1 Å². The maximum absolute atomic E-state index is 11.8. The summed E-state index contributed by atoms with van der Waals surface area (Å²) in [6, 6.07) is 0. The second kappa shape index (κ2) is 7.43. The van der Waals surface area contributed by atoms with Gasteiger partial charge >= 0.3 is 5.97 Å². The van der Waals surface area contributed by atoms with Crippen LogP contribution < -0.4 is 0 Å². The van der Waals surface area contributed by atoms with Crippen LogP contribution in [0.2, 0.25) is 19.6 Å². The number of esters is 1. The van der Waals surface area contributed by atoms with E-state index in [4.69, 9.17) is 9.16 Å². The van der Waals surface area contributed by atoms with Crippen LogP contribution in [0.1, 0.15) is 0 Å². The van der Waals surface area contributed by atoms with Gasteiger partial charge in [-0.25, -0.2) is 13.2 Å². The van der Waals surface area contributed by atoms with Gasteiger partial charge in [-0.15, -0.1) is 0 Å². The van der Waals surface area contributed by atoms with Crippen LogP contribution in [0, 0.1) is 0 Å². The fourth-order valence-corrected chi connectivity index (χ4v) is 2.29. The SMILES string of the molecule is C=C(O[Si](C)(C)C)C(=NOC)C(=O)OCCS(C)(=O)=O. The maximum atomic E-state index is 11.8. The Balaban J connectivity index is 4.73. The molecule has 0 aliphatic carbocycles. The van der Waals surface area contributed by atoms with Gasteiger partial charge in [0.15, 0.2) is 9.84 Å². The van der Waals surface area contributed by atoms with E-state index in [9.17, 15) is 13.2 Å². The minimum atomic E-state index is -3.20. The molecular weight excluding hydrogens is 302 g/mol. The van der Waals surface area contributed by atoms with E-state index in [1.165, 1.54) is 7.11 Å². The van der Waals surface area contributed by atoms with E-state index in [1.54, 1.807) is 0 Å². The number of oxime groups is 1. The van der Waals surface area contributed by atoms with Gasteiger partial charge in [-0.05, 0) is 19.6 Å². The van der Waals surface area contributed by atoms with Crippen molar-refractivity contribution in [2.45, 2.75) is 19.6 Å². The number of carbonyl (C=O) groups is 1. The third kappa shape index (κ3) is 8.70. The summed E-state index contributed by atoms with van der Waals surface area (Å²) in [4.78, 5) is 16.3. The Morgan fingerprint density at radius 2 is 1.85 bits per heavy atom. The predicted molar refractivity (Wildman–Crippen MR) is 78.7 cm³/mol. The minimum Gasteiger partial charge on any atom is -0.543 e. The molecule has 0 spiro atoms. The van der Waals surface area contributed by atoms with Gasteiger partial charge in [-0.1, -0.05) is 11.7 Å². The van der Waals surface area contributed by atoms with E-state index in [-0.39, 0.29) is 23.8 Å². The van der Waals surface area contributed by atoms with Gasteiger partial charge in [0, 0.05) is 6.26 Å². The molecule has 0 heterocycles. The third-order valence-electron chi connectivity index (χ3n) is 1.76. The molecular formula is C11H21NO6SSi. The van der Waals surface area contributed by atoms with Gasteiger partial charge in [0.25, 0.3) is 0 Å². The van der Waals surface area contributed by atoms with Crippen molar-refractivity contribution in [2.24, 2.45) is 5.16 Å². The van der Waals surface area contributed by atoms with E-state index in [0.29, 0.717) is 0 Å². The summed E-state index contributed by atoms with van der Waals surface area (Å²) in [6.07, 6.45) is 1.05. The highest BCUT2D eigenvalue weighted by Crippen LogP contribution is 2.11. The highest BCUT2D eigenvalue weighted by molar-refractivity contribution is 7.90. The summed E-state index contributed by atoms with van der Waals surface area (Å²) in [7, 11) is -3.89. The molecule has 0 N–H and O–H groups in total. The van der Waals surface area contributed by atoms with E-state index in [0.717, 1.165) is 6.26 Å². The first-order chi connectivity index (χ1) is 8.96. The number of sulfone groups is 1. The van der Waals surface area contributed by atoms with Crippen LogP contribution in [0.4, 0.5) is 0 Å². The molecule has 0 aromatic heterocycles. The molecule has 0 rings (SSSR count). The smallest absolute Gasteiger partial charge is 0.364 e. The zero-order valence-corrected chi connectivity index (χ0v) is 14.2. The zero-order chi connectivity index (χ0) is 16.0. The molecule has 116 valence electrons. The minimum absolute atomic E-state index is 0.0513. The largest absolute Gasteiger partial charge is 0.543 e. The summed E-state index contributed by atoms with van der Waals surface area (Å²) in [6.45, 7) is 9.10. The molecule has 9 heteroatoms. The molecule has 0 radical (unpaired) electrons. The first kappa shape index (κ1) is 18.6. The maximum Gasteiger partial charge on any atom is 0.364 e. The van der Waals surface area contributed by atoms with Gasteiger partial charge in [0.1, 0.15) is 19.5 Å². The van der Waals surface area contributed by atoms with Crippen molar-refractivity contribution < 1.29 is 27.2 Å². The highest BCUT2D eigenvalue weighted by atomic mass is 32.2. The molecule has 0 fully saturated rings. The van der Waals surface area contributed by atoms with Crippen LogP contribution in [0.25, 0.3) is 0 Å². The average Bonchev–Trinajstić information content (AvgIpc) is 2.21. The van der Waals surface area contributed by atoms with Gasteiger partial charge in [0.2, 0.25) is 14.0 Å². The Morgan fingerprint density at radius 1 is 1.30 bits per heavy atom. The Hall–Kier alpha value is -1.35. The highest BCUT2D eigenvalue weighted by Gasteiger charge is 2.25. The number of ether oxygens (including phenoxy) is 1. The predicted octanol–water partition coefficient (Wildman–Crippen LogP) is 0.942. The zero-order valence-electron chi connectivity index (χ0n) is 12.4. The number of nitrogens with zero attached hydrogens (tertiary/aromatic N) is 1. The van der Waals surface area contributed by atoms with Crippen LogP contribution >= 0.6 is 0 Å². The molecule has 0 saturated heterocycles. The Labute approximate surface area is 120 Å². The van der Waals surface area contributed by atoms with E-state index in [1.807, 2.05) is 19.6 Å². The topological polar surface area (TPSA) is 91.3 Å². The summed E-state index contributed by atoms with van der Waals surface area (Å²) in [5, 5.41) is 3.51. The molecule has 0 bridgehead atoms. The van der Waals surface area contributed by atoms with Crippen LogP contribution in [0.15, 0.2) is 17.5 Å². The standard InChI is InChI=1S/C11H21NO6SSi/c1-9(18-20(4,5)6)10(12-16-2)11(13)17-7-8-19(3,14)15/h1,7-8H2,2-6H3. The molecule has 0 amide bonds. The van der Waals surface area contributed by atoms with Gasteiger partial charge in [-0.3, -0.25) is 0 Å². The van der Waals surface area contributed by atoms with Gasteiger partial charge < -0.3 is 14.0 Å². The molecule has 0 aromatic carbocycles. The first-order valence-corrected chi connectivity index (χ1v) is 11.3. The number of hydrogen-bond donors (Lipinski definition) is 0. The second-order valence-electron chi connectivity index (χ2n) is 5.03. The van der Waals surface area contributed by atoms with Gasteiger partial charge in [0.05, 0.1) is 5.75 Å². The van der Waals surface area contributed by atoms with Crippen LogP contribution in [0.5, 0.6) is 0 Å². The van der Waals surface area contributed by atoms with E-state index < -0.39 is 24.1 Å². The van der Waals surface area contributed by atoms with E-state index in [2.05, 4.69) is 16.6 Å². The lowest BCUT2D eigenvalue weighted by molar-refractivity contribution is -0.135. The molecule has 0 aliphatic rings. The Kier molecular flexibility index (Phi) is 6.93. The lowest BCUT2D eigenvalue weighted by Gasteiger charge is -2.20. The van der Waals surface area contributed by atoms with Crippen molar-refractivity contribution in [1.82, 2.24) is 0 Å². The Morgan fingerprint density at radius 3 is 2.25 bits per heavy atom. The monoisotopic (exact) mass is 323 g/mol. The molecule has 0 aliphatic heterocycles. The quantitative estimate of drug-likeness (QED) is 0.217. The van der Waals surface area contributed by atoms with Crippen molar-refractivity contribution in [1.29, 1.82) is 0 Å². The number of carbonyl (C=O) groups excluding carboxylic acids is 1. The number of rotatable bonds is 8. The van der Waals surface area contributed by atoms with Crippen LogP contribution in [0.3, 0.4) is 0 Å². The summed E-state index contributed by atoms with van der Waals surface area (Å²) < 4.78 is 32.2. The van der Waals surface area contributed by atoms with Crippen molar-refractivity contribution in [2.75, 3.05) is 25.7 Å². The summed E-state index contributed by atoms with van der Waals surface area (Å²) in [5.41, 5.74) is -0.205. The molecule has 0 unspecified atom stereocenters. The fraction of sp³-hybridized carbons (Fsp3) is 0.636. The van der Waals surface area contributed by atoms with Crippen molar-refractivity contribution in [3.8, 4) is 0 Å². The second-order valence-corrected chi connectivity index (χ2v) is 11.7. The fourth-order valence-electron chi connectivity index (χ4n) is 1.07. The summed E-state index contributed by atoms with van der Waals surface area (Å²) >= 11 is 0. The normalized spacial score (nSPS) is 12.8.